The Morgan fingerprint density at radius 2 is 1.80 bits per heavy atom. The highest BCUT2D eigenvalue weighted by molar-refractivity contribution is 5.89. The van der Waals surface area contributed by atoms with Crippen molar-refractivity contribution >= 4 is 11.7 Å². The molecule has 4 heteroatoms. The maximum atomic E-state index is 12.7. The molecule has 0 radical (unpaired) electrons. The van der Waals surface area contributed by atoms with Crippen LogP contribution in [-0.2, 0) is 6.54 Å². The number of rotatable bonds is 6. The molecule has 2 amide bonds. The van der Waals surface area contributed by atoms with Crippen LogP contribution in [0, 0.1) is 0 Å². The summed E-state index contributed by atoms with van der Waals surface area (Å²) in [5.41, 5.74) is 2.85. The second-order valence-electron chi connectivity index (χ2n) is 5.73. The number of benzene rings is 2. The first-order valence-corrected chi connectivity index (χ1v) is 8.20. The zero-order chi connectivity index (χ0) is 17.5. The third-order valence-corrected chi connectivity index (χ3v) is 3.85. The summed E-state index contributed by atoms with van der Waals surface area (Å²) in [6, 6.07) is 21.5. The number of anilines is 1. The highest BCUT2D eigenvalue weighted by atomic mass is 16.2. The molecule has 1 heterocycles. The molecule has 0 saturated carbocycles. The minimum atomic E-state index is -0.145. The monoisotopic (exact) mass is 331 g/mol. The van der Waals surface area contributed by atoms with E-state index in [2.05, 4.69) is 11.9 Å². The Hall–Kier alpha value is -3.27. The van der Waals surface area contributed by atoms with E-state index in [4.69, 9.17) is 0 Å². The van der Waals surface area contributed by atoms with Crippen molar-refractivity contribution in [3.63, 3.8) is 0 Å². The normalized spacial score (nSPS) is 10.2. The standard InChI is InChI=1S/C21H21N3O/c1-2-13-24(17-18-9-4-3-5-10-18)21(25)22-19-11-8-12-20(16-19)23-14-6-7-15-23/h2-12,14-16H,1,13,17H2,(H,22,25). The summed E-state index contributed by atoms with van der Waals surface area (Å²) < 4.78 is 2.00. The van der Waals surface area contributed by atoms with Crippen molar-refractivity contribution in [1.29, 1.82) is 0 Å². The lowest BCUT2D eigenvalue weighted by Crippen LogP contribution is -2.34. The van der Waals surface area contributed by atoms with Crippen molar-refractivity contribution in [3.05, 3.63) is 97.3 Å². The maximum Gasteiger partial charge on any atom is 0.322 e. The number of nitrogens with zero attached hydrogens (tertiary/aromatic N) is 2. The summed E-state index contributed by atoms with van der Waals surface area (Å²) in [4.78, 5) is 14.4. The molecule has 0 unspecified atom stereocenters. The Balaban J connectivity index is 1.73. The topological polar surface area (TPSA) is 37.3 Å². The van der Waals surface area contributed by atoms with Crippen molar-refractivity contribution in [3.8, 4) is 5.69 Å². The second kappa shape index (κ2) is 8.02. The van der Waals surface area contributed by atoms with Gasteiger partial charge < -0.3 is 14.8 Å². The Morgan fingerprint density at radius 1 is 1.04 bits per heavy atom. The Labute approximate surface area is 148 Å². The van der Waals surface area contributed by atoms with Gasteiger partial charge in [-0.15, -0.1) is 6.58 Å². The lowest BCUT2D eigenvalue weighted by molar-refractivity contribution is 0.215. The smallest absolute Gasteiger partial charge is 0.322 e. The van der Waals surface area contributed by atoms with E-state index in [9.17, 15) is 4.79 Å². The van der Waals surface area contributed by atoms with Gasteiger partial charge in [-0.2, -0.15) is 0 Å². The molecule has 0 atom stereocenters. The number of carbonyl (C=O) groups excluding carboxylic acids is 1. The van der Waals surface area contributed by atoms with Gasteiger partial charge in [-0.25, -0.2) is 4.79 Å². The Morgan fingerprint density at radius 3 is 2.52 bits per heavy atom. The van der Waals surface area contributed by atoms with E-state index >= 15 is 0 Å². The molecule has 0 aliphatic rings. The molecule has 4 nitrogen and oxygen atoms in total. The van der Waals surface area contributed by atoms with Crippen LogP contribution in [0.4, 0.5) is 10.5 Å². The zero-order valence-corrected chi connectivity index (χ0v) is 14.0. The van der Waals surface area contributed by atoms with Gasteiger partial charge in [0, 0.05) is 36.9 Å². The van der Waals surface area contributed by atoms with E-state index in [-0.39, 0.29) is 6.03 Å². The molecule has 1 aromatic heterocycles. The van der Waals surface area contributed by atoms with Crippen LogP contribution in [0.1, 0.15) is 5.56 Å². The predicted octanol–water partition coefficient (Wildman–Crippen LogP) is 4.70. The number of hydrogen-bond donors (Lipinski definition) is 1. The van der Waals surface area contributed by atoms with Gasteiger partial charge in [-0.05, 0) is 35.9 Å². The maximum absolute atomic E-state index is 12.7. The molecular formula is C21H21N3O. The third kappa shape index (κ3) is 4.38. The third-order valence-electron chi connectivity index (χ3n) is 3.85. The molecule has 3 rings (SSSR count). The number of nitrogens with one attached hydrogen (secondary N) is 1. The first-order valence-electron chi connectivity index (χ1n) is 8.20. The van der Waals surface area contributed by atoms with Gasteiger partial charge in [0.2, 0.25) is 0 Å². The molecule has 1 N–H and O–H groups in total. The van der Waals surface area contributed by atoms with Crippen molar-refractivity contribution in [2.24, 2.45) is 0 Å². The number of hydrogen-bond acceptors (Lipinski definition) is 1. The first-order chi connectivity index (χ1) is 12.3. The van der Waals surface area contributed by atoms with Crippen molar-refractivity contribution in [1.82, 2.24) is 9.47 Å². The van der Waals surface area contributed by atoms with Crippen LogP contribution in [0.25, 0.3) is 5.69 Å². The van der Waals surface area contributed by atoms with E-state index < -0.39 is 0 Å². The van der Waals surface area contributed by atoms with Crippen molar-refractivity contribution in [2.45, 2.75) is 6.54 Å². The summed E-state index contributed by atoms with van der Waals surface area (Å²) in [5, 5.41) is 2.98. The summed E-state index contributed by atoms with van der Waals surface area (Å²) in [7, 11) is 0. The minimum Gasteiger partial charge on any atom is -0.324 e. The van der Waals surface area contributed by atoms with Crippen LogP contribution in [0.5, 0.6) is 0 Å². The average molecular weight is 331 g/mol. The summed E-state index contributed by atoms with van der Waals surface area (Å²) in [5.74, 6) is 0. The SMILES string of the molecule is C=CCN(Cc1ccccc1)C(=O)Nc1cccc(-n2cccc2)c1. The van der Waals surface area contributed by atoms with Crippen LogP contribution >= 0.6 is 0 Å². The fraction of sp³-hybridized carbons (Fsp3) is 0.0952. The molecule has 25 heavy (non-hydrogen) atoms. The second-order valence-corrected chi connectivity index (χ2v) is 5.73. The van der Waals surface area contributed by atoms with E-state index in [1.54, 1.807) is 11.0 Å². The lowest BCUT2D eigenvalue weighted by atomic mass is 10.2. The summed E-state index contributed by atoms with van der Waals surface area (Å²) >= 11 is 0. The van der Waals surface area contributed by atoms with Crippen LogP contribution in [0.15, 0.2) is 91.8 Å². The van der Waals surface area contributed by atoms with Gasteiger partial charge in [0.05, 0.1) is 0 Å². The molecule has 3 aromatic rings. The lowest BCUT2D eigenvalue weighted by Gasteiger charge is -2.22. The molecule has 2 aromatic carbocycles. The number of urea groups is 1. The predicted molar refractivity (Wildman–Crippen MR) is 102 cm³/mol. The minimum absolute atomic E-state index is 0.145. The Kier molecular flexibility index (Phi) is 5.32. The molecular weight excluding hydrogens is 310 g/mol. The van der Waals surface area contributed by atoms with Gasteiger partial charge in [-0.1, -0.05) is 42.5 Å². The zero-order valence-electron chi connectivity index (χ0n) is 14.0. The van der Waals surface area contributed by atoms with Crippen molar-refractivity contribution < 1.29 is 4.79 Å². The number of amides is 2. The van der Waals surface area contributed by atoms with Gasteiger partial charge >= 0.3 is 6.03 Å². The van der Waals surface area contributed by atoms with Crippen LogP contribution in [0.3, 0.4) is 0 Å². The quantitative estimate of drug-likeness (QED) is 0.653. The van der Waals surface area contributed by atoms with Crippen LogP contribution in [0.2, 0.25) is 0 Å². The van der Waals surface area contributed by atoms with Gasteiger partial charge in [0.1, 0.15) is 0 Å². The highest BCUT2D eigenvalue weighted by Crippen LogP contribution is 2.16. The molecule has 0 aliphatic heterocycles. The molecule has 0 saturated heterocycles. The molecule has 0 bridgehead atoms. The molecule has 0 spiro atoms. The van der Waals surface area contributed by atoms with E-state index in [0.29, 0.717) is 13.1 Å². The number of aromatic nitrogens is 1. The van der Waals surface area contributed by atoms with Gasteiger partial charge in [0.25, 0.3) is 0 Å². The highest BCUT2D eigenvalue weighted by Gasteiger charge is 2.13. The van der Waals surface area contributed by atoms with Gasteiger partial charge in [-0.3, -0.25) is 0 Å². The fourth-order valence-electron chi connectivity index (χ4n) is 2.63. The number of carbonyl (C=O) groups is 1. The van der Waals surface area contributed by atoms with E-state index in [0.717, 1.165) is 16.9 Å². The first kappa shape index (κ1) is 16.6. The summed E-state index contributed by atoms with van der Waals surface area (Å²) in [6.45, 7) is 4.78. The Bertz CT molecular complexity index is 825. The average Bonchev–Trinajstić information content (AvgIpc) is 3.17. The largest absolute Gasteiger partial charge is 0.324 e. The van der Waals surface area contributed by atoms with E-state index in [1.165, 1.54) is 0 Å². The van der Waals surface area contributed by atoms with Crippen LogP contribution < -0.4 is 5.32 Å². The summed E-state index contributed by atoms with van der Waals surface area (Å²) in [6.07, 6.45) is 5.68. The fourth-order valence-corrected chi connectivity index (χ4v) is 2.63. The molecule has 0 fully saturated rings. The molecule has 0 aliphatic carbocycles. The van der Waals surface area contributed by atoms with Crippen LogP contribution in [-0.4, -0.2) is 22.0 Å². The van der Waals surface area contributed by atoms with E-state index in [1.807, 2.05) is 83.7 Å². The van der Waals surface area contributed by atoms with Gasteiger partial charge in [0.15, 0.2) is 0 Å². The molecule has 126 valence electrons. The van der Waals surface area contributed by atoms with Crippen molar-refractivity contribution in [2.75, 3.05) is 11.9 Å².